The smallest absolute Gasteiger partial charge is 0.335 e. The van der Waals surface area contributed by atoms with Gasteiger partial charge in [-0.25, -0.2) is 4.79 Å². The average Bonchev–Trinajstić information content (AvgIpc) is 2.33. The predicted molar refractivity (Wildman–Crippen MR) is 73.6 cm³/mol. The van der Waals surface area contributed by atoms with Crippen LogP contribution in [0.1, 0.15) is 15.9 Å². The van der Waals surface area contributed by atoms with Crippen molar-refractivity contribution in [3.63, 3.8) is 0 Å². The van der Waals surface area contributed by atoms with Crippen LogP contribution in [0.25, 0.3) is 11.1 Å². The maximum Gasteiger partial charge on any atom is 0.335 e. The second-order valence-electron chi connectivity index (χ2n) is 3.88. The highest BCUT2D eigenvalue weighted by atomic mass is 35.5. The molecule has 2 aromatic carbocycles. The maximum atomic E-state index is 11.1. The molecule has 18 heavy (non-hydrogen) atoms. The molecule has 1 N–H and O–H groups in total. The van der Waals surface area contributed by atoms with Gasteiger partial charge in [0.15, 0.2) is 0 Å². The van der Waals surface area contributed by atoms with Crippen LogP contribution in [-0.4, -0.2) is 11.1 Å². The summed E-state index contributed by atoms with van der Waals surface area (Å²) in [7, 11) is 0. The highest BCUT2D eigenvalue weighted by Crippen LogP contribution is 2.35. The third kappa shape index (κ3) is 2.22. The second kappa shape index (κ2) is 5.01. The lowest BCUT2D eigenvalue weighted by Gasteiger charge is -2.11. The summed E-state index contributed by atoms with van der Waals surface area (Å²) in [5.74, 6) is -0.951. The van der Waals surface area contributed by atoms with E-state index in [1.165, 1.54) is 0 Å². The quantitative estimate of drug-likeness (QED) is 0.868. The van der Waals surface area contributed by atoms with Gasteiger partial charge in [0.25, 0.3) is 0 Å². The minimum Gasteiger partial charge on any atom is -0.478 e. The molecule has 2 nitrogen and oxygen atoms in total. The number of carboxylic acid groups (broad SMARTS) is 1. The largest absolute Gasteiger partial charge is 0.478 e. The van der Waals surface area contributed by atoms with Crippen molar-refractivity contribution in [1.29, 1.82) is 0 Å². The SMILES string of the molecule is Cc1c(C(=O)O)cccc1-c1cccc(Cl)c1Cl. The van der Waals surface area contributed by atoms with Gasteiger partial charge in [-0.05, 0) is 30.2 Å². The Morgan fingerprint density at radius 2 is 1.67 bits per heavy atom. The van der Waals surface area contributed by atoms with Crippen LogP contribution in [-0.2, 0) is 0 Å². The second-order valence-corrected chi connectivity index (χ2v) is 4.67. The van der Waals surface area contributed by atoms with Gasteiger partial charge in [0.2, 0.25) is 0 Å². The predicted octanol–water partition coefficient (Wildman–Crippen LogP) is 4.67. The molecule has 92 valence electrons. The van der Waals surface area contributed by atoms with Crippen LogP contribution in [0.5, 0.6) is 0 Å². The van der Waals surface area contributed by atoms with Crippen LogP contribution in [0.4, 0.5) is 0 Å². The summed E-state index contributed by atoms with van der Waals surface area (Å²) in [6, 6.07) is 10.4. The molecular weight excluding hydrogens is 271 g/mol. The minimum atomic E-state index is -0.951. The molecule has 4 heteroatoms. The van der Waals surface area contributed by atoms with Crippen molar-refractivity contribution < 1.29 is 9.90 Å². The topological polar surface area (TPSA) is 37.3 Å². The fourth-order valence-corrected chi connectivity index (χ4v) is 2.27. The molecule has 0 saturated carbocycles. The molecule has 0 spiro atoms. The molecule has 0 aromatic heterocycles. The summed E-state index contributed by atoms with van der Waals surface area (Å²) in [5, 5.41) is 9.99. The molecule has 0 heterocycles. The van der Waals surface area contributed by atoms with Crippen LogP contribution in [0.2, 0.25) is 10.0 Å². The summed E-state index contributed by atoms with van der Waals surface area (Å²) in [6.45, 7) is 1.76. The van der Waals surface area contributed by atoms with Crippen molar-refractivity contribution in [2.45, 2.75) is 6.92 Å². The van der Waals surface area contributed by atoms with Crippen LogP contribution in [0, 0.1) is 6.92 Å². The van der Waals surface area contributed by atoms with Gasteiger partial charge in [-0.15, -0.1) is 0 Å². The van der Waals surface area contributed by atoms with E-state index in [1.54, 1.807) is 31.2 Å². The molecule has 0 unspecified atom stereocenters. The molecule has 0 atom stereocenters. The highest BCUT2D eigenvalue weighted by Gasteiger charge is 2.14. The number of carboxylic acids is 1. The Bertz CT molecular complexity index is 621. The maximum absolute atomic E-state index is 11.1. The molecule has 2 aromatic rings. The van der Waals surface area contributed by atoms with Crippen LogP contribution in [0.3, 0.4) is 0 Å². The Kier molecular flexibility index (Phi) is 3.60. The first-order valence-corrected chi connectivity index (χ1v) is 6.05. The summed E-state index contributed by atoms with van der Waals surface area (Å²) in [6.07, 6.45) is 0. The molecule has 0 aliphatic heterocycles. The van der Waals surface area contributed by atoms with E-state index in [0.29, 0.717) is 15.6 Å². The lowest BCUT2D eigenvalue weighted by molar-refractivity contribution is 0.0696. The first kappa shape index (κ1) is 12.9. The number of benzene rings is 2. The monoisotopic (exact) mass is 280 g/mol. The zero-order chi connectivity index (χ0) is 13.3. The van der Waals surface area contributed by atoms with Gasteiger partial charge in [-0.3, -0.25) is 0 Å². The molecule has 2 rings (SSSR count). The van der Waals surface area contributed by atoms with Crippen molar-refractivity contribution >= 4 is 29.2 Å². The number of rotatable bonds is 2. The number of hydrogen-bond donors (Lipinski definition) is 1. The van der Waals surface area contributed by atoms with E-state index in [4.69, 9.17) is 28.3 Å². The van der Waals surface area contributed by atoms with E-state index in [2.05, 4.69) is 0 Å². The molecular formula is C14H10Cl2O2. The molecule has 0 saturated heterocycles. The van der Waals surface area contributed by atoms with Crippen molar-refractivity contribution in [3.05, 3.63) is 57.6 Å². The standard InChI is InChI=1S/C14H10Cl2O2/c1-8-9(4-2-5-10(8)14(17)18)11-6-3-7-12(15)13(11)16/h2-7H,1H3,(H,17,18). The number of aromatic carboxylic acids is 1. The highest BCUT2D eigenvalue weighted by molar-refractivity contribution is 6.43. The van der Waals surface area contributed by atoms with E-state index in [0.717, 1.165) is 11.1 Å². The van der Waals surface area contributed by atoms with Gasteiger partial charge >= 0.3 is 5.97 Å². The van der Waals surface area contributed by atoms with E-state index in [9.17, 15) is 4.79 Å². The average molecular weight is 281 g/mol. The Hall–Kier alpha value is -1.51. The summed E-state index contributed by atoms with van der Waals surface area (Å²) in [4.78, 5) is 11.1. The van der Waals surface area contributed by atoms with Gasteiger partial charge in [0.1, 0.15) is 0 Å². The fraction of sp³-hybridized carbons (Fsp3) is 0.0714. The van der Waals surface area contributed by atoms with E-state index < -0.39 is 5.97 Å². The zero-order valence-corrected chi connectivity index (χ0v) is 11.1. The lowest BCUT2D eigenvalue weighted by atomic mass is 9.96. The third-order valence-electron chi connectivity index (χ3n) is 2.81. The first-order valence-electron chi connectivity index (χ1n) is 5.29. The Labute approximate surface area is 115 Å². The van der Waals surface area contributed by atoms with Gasteiger partial charge in [0, 0.05) is 5.56 Å². The molecule has 0 radical (unpaired) electrons. The van der Waals surface area contributed by atoms with Gasteiger partial charge < -0.3 is 5.11 Å². The number of carbonyl (C=O) groups is 1. The van der Waals surface area contributed by atoms with Crippen LogP contribution < -0.4 is 0 Å². The molecule has 0 bridgehead atoms. The minimum absolute atomic E-state index is 0.267. The van der Waals surface area contributed by atoms with Gasteiger partial charge in [-0.1, -0.05) is 47.5 Å². The van der Waals surface area contributed by atoms with Crippen molar-refractivity contribution in [2.24, 2.45) is 0 Å². The van der Waals surface area contributed by atoms with E-state index in [1.807, 2.05) is 12.1 Å². The summed E-state index contributed by atoms with van der Waals surface area (Å²) in [5.41, 5.74) is 2.46. The fourth-order valence-electron chi connectivity index (χ4n) is 1.87. The van der Waals surface area contributed by atoms with Crippen LogP contribution >= 0.6 is 23.2 Å². The van der Waals surface area contributed by atoms with E-state index in [-0.39, 0.29) is 5.56 Å². The van der Waals surface area contributed by atoms with Crippen molar-refractivity contribution in [1.82, 2.24) is 0 Å². The summed E-state index contributed by atoms with van der Waals surface area (Å²) >= 11 is 12.1. The van der Waals surface area contributed by atoms with E-state index >= 15 is 0 Å². The zero-order valence-electron chi connectivity index (χ0n) is 9.58. The molecule has 0 amide bonds. The third-order valence-corrected chi connectivity index (χ3v) is 3.62. The van der Waals surface area contributed by atoms with Crippen molar-refractivity contribution in [2.75, 3.05) is 0 Å². The number of halogens is 2. The Morgan fingerprint density at radius 3 is 2.33 bits per heavy atom. The normalized spacial score (nSPS) is 10.4. The van der Waals surface area contributed by atoms with Crippen molar-refractivity contribution in [3.8, 4) is 11.1 Å². The Balaban J connectivity index is 2.69. The molecule has 0 aliphatic carbocycles. The van der Waals surface area contributed by atoms with Crippen LogP contribution in [0.15, 0.2) is 36.4 Å². The lowest BCUT2D eigenvalue weighted by Crippen LogP contribution is -2.00. The van der Waals surface area contributed by atoms with Gasteiger partial charge in [0.05, 0.1) is 15.6 Å². The molecule has 0 aliphatic rings. The van der Waals surface area contributed by atoms with Gasteiger partial charge in [-0.2, -0.15) is 0 Å². The first-order chi connectivity index (χ1) is 8.52. The number of hydrogen-bond acceptors (Lipinski definition) is 1. The summed E-state index contributed by atoms with van der Waals surface area (Å²) < 4.78 is 0. The Morgan fingerprint density at radius 1 is 1.06 bits per heavy atom. The molecule has 0 fully saturated rings.